The third kappa shape index (κ3) is 66.7. The number of unbranched alkanes of at least 4 members (excludes halogenated alkanes) is 49. The summed E-state index contributed by atoms with van der Waals surface area (Å²) in [7, 11) is 0. The normalized spacial score (nSPS) is 12.9. The summed E-state index contributed by atoms with van der Waals surface area (Å²) in [6.07, 6.45) is 94.5. The van der Waals surface area contributed by atoms with Gasteiger partial charge in [0.05, 0.1) is 25.4 Å². The molecule has 480 valence electrons. The van der Waals surface area contributed by atoms with Crippen LogP contribution in [0.4, 0.5) is 0 Å². The van der Waals surface area contributed by atoms with E-state index >= 15 is 0 Å². The highest BCUT2D eigenvalue weighted by Gasteiger charge is 2.18. The zero-order valence-corrected chi connectivity index (χ0v) is 55.0. The van der Waals surface area contributed by atoms with Gasteiger partial charge in [-0.15, -0.1) is 0 Å². The van der Waals surface area contributed by atoms with Crippen LogP contribution in [0.15, 0.2) is 60.8 Å². The first-order valence-electron chi connectivity index (χ1n) is 36.6. The molecule has 2 atom stereocenters. The van der Waals surface area contributed by atoms with E-state index in [0.29, 0.717) is 19.4 Å². The summed E-state index contributed by atoms with van der Waals surface area (Å²) >= 11 is 0. The van der Waals surface area contributed by atoms with Gasteiger partial charge in [-0.25, -0.2) is 0 Å². The number of hydrogen-bond donors (Lipinski definition) is 3. The van der Waals surface area contributed by atoms with Crippen LogP contribution in [0.25, 0.3) is 0 Å². The van der Waals surface area contributed by atoms with Crippen molar-refractivity contribution in [2.45, 2.75) is 398 Å². The maximum absolute atomic E-state index is 12.5. The van der Waals surface area contributed by atoms with E-state index in [-0.39, 0.29) is 18.5 Å². The molecule has 0 fully saturated rings. The van der Waals surface area contributed by atoms with Crippen LogP contribution in [-0.2, 0) is 14.3 Å². The van der Waals surface area contributed by atoms with Crippen LogP contribution < -0.4 is 5.32 Å². The number of nitrogens with one attached hydrogen (secondary N) is 1. The number of allylic oxidation sites excluding steroid dienone is 9. The lowest BCUT2D eigenvalue weighted by molar-refractivity contribution is -0.143. The van der Waals surface area contributed by atoms with Crippen LogP contribution in [0, 0.1) is 0 Å². The van der Waals surface area contributed by atoms with Gasteiger partial charge >= 0.3 is 5.97 Å². The number of ether oxygens (including phenoxy) is 1. The average molecular weight is 1150 g/mol. The fourth-order valence-corrected chi connectivity index (χ4v) is 11.2. The third-order valence-corrected chi connectivity index (χ3v) is 16.8. The summed E-state index contributed by atoms with van der Waals surface area (Å²) in [5.74, 6) is -0.0591. The minimum atomic E-state index is -0.847. The molecule has 0 bridgehead atoms. The second-order valence-corrected chi connectivity index (χ2v) is 24.9. The van der Waals surface area contributed by atoms with Gasteiger partial charge in [-0.1, -0.05) is 338 Å². The number of carbonyl (C=O) groups excluding carboxylic acids is 2. The fraction of sp³-hybridized carbons (Fsp3) is 0.842. The molecule has 3 N–H and O–H groups in total. The molecular weight excluding hydrogens is 1010 g/mol. The van der Waals surface area contributed by atoms with Gasteiger partial charge < -0.3 is 20.3 Å². The van der Waals surface area contributed by atoms with Crippen molar-refractivity contribution in [3.05, 3.63) is 60.8 Å². The monoisotopic (exact) mass is 1150 g/mol. The first-order valence-corrected chi connectivity index (χ1v) is 36.6. The molecular formula is C76H141NO5. The van der Waals surface area contributed by atoms with Gasteiger partial charge in [0.25, 0.3) is 0 Å². The Balaban J connectivity index is 3.42. The van der Waals surface area contributed by atoms with E-state index in [0.717, 1.165) is 57.8 Å². The lowest BCUT2D eigenvalue weighted by Gasteiger charge is -2.20. The zero-order chi connectivity index (χ0) is 59.2. The molecule has 0 aromatic rings. The second-order valence-electron chi connectivity index (χ2n) is 24.9. The summed E-state index contributed by atoms with van der Waals surface area (Å²) in [6.45, 7) is 4.90. The van der Waals surface area contributed by atoms with Gasteiger partial charge in [-0.2, -0.15) is 0 Å². The Kier molecular flexibility index (Phi) is 68.9. The van der Waals surface area contributed by atoms with Crippen molar-refractivity contribution in [1.29, 1.82) is 0 Å². The molecule has 0 aliphatic rings. The van der Waals surface area contributed by atoms with Crippen molar-refractivity contribution in [3.8, 4) is 0 Å². The number of hydrogen-bond acceptors (Lipinski definition) is 5. The Hall–Kier alpha value is -2.44. The van der Waals surface area contributed by atoms with Crippen molar-refractivity contribution in [2.75, 3.05) is 13.2 Å². The summed E-state index contributed by atoms with van der Waals surface area (Å²) in [4.78, 5) is 24.6. The number of aliphatic hydroxyl groups excluding tert-OH is 2. The molecule has 0 aromatic carbocycles. The van der Waals surface area contributed by atoms with E-state index in [1.165, 1.54) is 302 Å². The molecule has 0 saturated heterocycles. The quantitative estimate of drug-likeness (QED) is 0.0320. The van der Waals surface area contributed by atoms with E-state index in [2.05, 4.69) is 67.8 Å². The average Bonchev–Trinajstić information content (AvgIpc) is 3.48. The standard InChI is InChI=1S/C76H141NO5/c1-3-5-7-9-11-13-15-17-19-21-33-38-42-46-50-54-58-62-66-70-76(81)82-71-67-63-59-55-51-47-43-39-35-32-30-28-26-24-22-23-25-27-29-31-34-37-41-45-49-53-57-61-65-69-75(80)77-73(72-78)74(79)68-64-60-56-52-48-44-40-36-20-18-16-14-12-10-8-6-4-2/h11,13,17,19,22,24,28,30,64,68,73-74,78-79H,3-10,12,14-16,18,20-21,23,25-27,29,31-63,65-67,69-72H2,1-2H3,(H,77,80)/b13-11-,19-17-,24-22-,30-28-,68-64+. The summed E-state index contributed by atoms with van der Waals surface area (Å²) in [5.41, 5.74) is 0. The molecule has 2 unspecified atom stereocenters. The van der Waals surface area contributed by atoms with Gasteiger partial charge in [-0.3, -0.25) is 9.59 Å². The van der Waals surface area contributed by atoms with Gasteiger partial charge in [0.2, 0.25) is 5.91 Å². The molecule has 82 heavy (non-hydrogen) atoms. The summed E-state index contributed by atoms with van der Waals surface area (Å²) in [6, 6.07) is -0.630. The van der Waals surface area contributed by atoms with Crippen molar-refractivity contribution >= 4 is 11.9 Å². The first kappa shape index (κ1) is 79.6. The van der Waals surface area contributed by atoms with Crippen LogP contribution in [0.1, 0.15) is 386 Å². The number of amides is 1. The van der Waals surface area contributed by atoms with Gasteiger partial charge in [-0.05, 0) is 96.3 Å². The second kappa shape index (κ2) is 71.0. The minimum Gasteiger partial charge on any atom is -0.466 e. The highest BCUT2D eigenvalue weighted by atomic mass is 16.5. The molecule has 0 aliphatic heterocycles. The number of esters is 1. The SMILES string of the molecule is CCCCC/C=C\C/C=C\CCCCCCCCCCCC(=O)OCCCCCCCCCCC/C=C\C/C=C\CCCCCCCCCCCCCCCC(=O)NC(CO)C(O)/C=C/CCCCCCCCCCCCCCCCC. The topological polar surface area (TPSA) is 95.9 Å². The zero-order valence-electron chi connectivity index (χ0n) is 55.0. The van der Waals surface area contributed by atoms with E-state index in [1.807, 2.05) is 6.08 Å². The molecule has 0 radical (unpaired) electrons. The number of rotatable bonds is 68. The third-order valence-electron chi connectivity index (χ3n) is 16.8. The molecule has 0 aromatic heterocycles. The molecule has 0 aliphatic carbocycles. The summed E-state index contributed by atoms with van der Waals surface area (Å²) in [5, 5.41) is 23.2. The van der Waals surface area contributed by atoms with Crippen molar-refractivity contribution < 1.29 is 24.5 Å². The van der Waals surface area contributed by atoms with Crippen LogP contribution in [0.3, 0.4) is 0 Å². The van der Waals surface area contributed by atoms with Crippen molar-refractivity contribution in [1.82, 2.24) is 5.32 Å². The first-order chi connectivity index (χ1) is 40.5. The Labute approximate surface area is 511 Å². The highest BCUT2D eigenvalue weighted by Crippen LogP contribution is 2.18. The van der Waals surface area contributed by atoms with Crippen LogP contribution in [0.2, 0.25) is 0 Å². The molecule has 6 nitrogen and oxygen atoms in total. The maximum atomic E-state index is 12.5. The highest BCUT2D eigenvalue weighted by molar-refractivity contribution is 5.76. The van der Waals surface area contributed by atoms with Crippen molar-refractivity contribution in [2.24, 2.45) is 0 Å². The molecule has 0 heterocycles. The largest absolute Gasteiger partial charge is 0.466 e. The molecule has 6 heteroatoms. The fourth-order valence-electron chi connectivity index (χ4n) is 11.2. The predicted octanol–water partition coefficient (Wildman–Crippen LogP) is 23.8. The molecule has 0 rings (SSSR count). The lowest BCUT2D eigenvalue weighted by atomic mass is 10.0. The van der Waals surface area contributed by atoms with E-state index in [1.54, 1.807) is 6.08 Å². The van der Waals surface area contributed by atoms with Crippen molar-refractivity contribution in [3.63, 3.8) is 0 Å². The predicted molar refractivity (Wildman–Crippen MR) is 361 cm³/mol. The lowest BCUT2D eigenvalue weighted by Crippen LogP contribution is -2.45. The van der Waals surface area contributed by atoms with Gasteiger partial charge in [0.15, 0.2) is 0 Å². The number of carbonyl (C=O) groups is 2. The van der Waals surface area contributed by atoms with Gasteiger partial charge in [0.1, 0.15) is 0 Å². The number of aliphatic hydroxyl groups is 2. The molecule has 1 amide bonds. The Bertz CT molecular complexity index is 1420. The van der Waals surface area contributed by atoms with E-state index in [9.17, 15) is 19.8 Å². The Morgan fingerprint density at radius 1 is 0.341 bits per heavy atom. The van der Waals surface area contributed by atoms with Gasteiger partial charge in [0, 0.05) is 12.8 Å². The molecule has 0 spiro atoms. The Morgan fingerprint density at radius 2 is 0.610 bits per heavy atom. The molecule has 0 saturated carbocycles. The maximum Gasteiger partial charge on any atom is 0.305 e. The minimum absolute atomic E-state index is 0.00790. The van der Waals surface area contributed by atoms with Crippen LogP contribution in [0.5, 0.6) is 0 Å². The summed E-state index contributed by atoms with van der Waals surface area (Å²) < 4.78 is 5.50. The Morgan fingerprint density at radius 3 is 0.951 bits per heavy atom. The smallest absolute Gasteiger partial charge is 0.305 e. The van der Waals surface area contributed by atoms with Crippen LogP contribution in [-0.4, -0.2) is 47.4 Å². The van der Waals surface area contributed by atoms with E-state index < -0.39 is 12.1 Å². The van der Waals surface area contributed by atoms with E-state index in [4.69, 9.17) is 4.74 Å². The van der Waals surface area contributed by atoms with Crippen LogP contribution >= 0.6 is 0 Å².